The summed E-state index contributed by atoms with van der Waals surface area (Å²) in [6.07, 6.45) is 2.17. The van der Waals surface area contributed by atoms with Gasteiger partial charge in [0.05, 0.1) is 13.2 Å². The first-order valence-electron chi connectivity index (χ1n) is 8.93. The van der Waals surface area contributed by atoms with Gasteiger partial charge in [0.1, 0.15) is 0 Å². The van der Waals surface area contributed by atoms with Gasteiger partial charge in [-0.15, -0.1) is 0 Å². The highest BCUT2D eigenvalue weighted by atomic mass is 16.5. The van der Waals surface area contributed by atoms with E-state index < -0.39 is 0 Å². The van der Waals surface area contributed by atoms with Gasteiger partial charge in [0, 0.05) is 18.8 Å². The Morgan fingerprint density at radius 2 is 1.71 bits per heavy atom. The van der Waals surface area contributed by atoms with Crippen LogP contribution in [0.4, 0.5) is 5.69 Å². The molecule has 1 aliphatic heterocycles. The van der Waals surface area contributed by atoms with E-state index in [1.54, 1.807) is 0 Å². The molecule has 1 saturated heterocycles. The van der Waals surface area contributed by atoms with Gasteiger partial charge in [0.25, 0.3) is 0 Å². The number of morpholine rings is 1. The average molecular weight is 321 g/mol. The molecule has 2 aromatic rings. The fourth-order valence-electron chi connectivity index (χ4n) is 3.36. The second-order valence-corrected chi connectivity index (χ2v) is 6.47. The molecule has 0 radical (unpaired) electrons. The number of anilines is 1. The third-order valence-corrected chi connectivity index (χ3v) is 4.92. The minimum absolute atomic E-state index is 0.488. The number of hydrogen-bond donors (Lipinski definition) is 0. The van der Waals surface area contributed by atoms with Gasteiger partial charge in [-0.2, -0.15) is 0 Å². The van der Waals surface area contributed by atoms with E-state index in [1.165, 1.54) is 22.4 Å². The zero-order chi connectivity index (χ0) is 16.8. The summed E-state index contributed by atoms with van der Waals surface area (Å²) < 4.78 is 5.43. The molecule has 0 aliphatic carbocycles. The Morgan fingerprint density at radius 1 is 1.04 bits per heavy atom. The summed E-state index contributed by atoms with van der Waals surface area (Å²) >= 11 is 0. The van der Waals surface area contributed by atoms with Crippen LogP contribution in [0.25, 0.3) is 5.57 Å². The number of allylic oxidation sites excluding steroid dienone is 1. The topological polar surface area (TPSA) is 12.5 Å². The smallest absolute Gasteiger partial charge is 0.0642 e. The maximum atomic E-state index is 5.43. The maximum absolute atomic E-state index is 5.43. The Kier molecular flexibility index (Phi) is 5.71. The lowest BCUT2D eigenvalue weighted by Gasteiger charge is -2.29. The molecule has 0 N–H and O–H groups in total. The molecule has 2 nitrogen and oxygen atoms in total. The van der Waals surface area contributed by atoms with Crippen molar-refractivity contribution in [3.8, 4) is 0 Å². The van der Waals surface area contributed by atoms with Gasteiger partial charge >= 0.3 is 0 Å². The molecule has 1 unspecified atom stereocenters. The molecule has 1 atom stereocenters. The quantitative estimate of drug-likeness (QED) is 0.757. The Hall–Kier alpha value is -2.06. The molecule has 24 heavy (non-hydrogen) atoms. The van der Waals surface area contributed by atoms with Crippen LogP contribution in [-0.4, -0.2) is 26.3 Å². The third kappa shape index (κ3) is 4.07. The van der Waals surface area contributed by atoms with Crippen LogP contribution in [0.2, 0.25) is 0 Å². The molecule has 2 aromatic carbocycles. The molecule has 1 aliphatic rings. The second kappa shape index (κ2) is 8.16. The zero-order valence-corrected chi connectivity index (χ0v) is 14.6. The van der Waals surface area contributed by atoms with Crippen molar-refractivity contribution in [1.29, 1.82) is 0 Å². The van der Waals surface area contributed by atoms with Gasteiger partial charge in [0.2, 0.25) is 0 Å². The van der Waals surface area contributed by atoms with Crippen molar-refractivity contribution in [3.05, 3.63) is 72.3 Å². The molecule has 126 valence electrons. The Bertz CT molecular complexity index is 641. The summed E-state index contributed by atoms with van der Waals surface area (Å²) in [5, 5.41) is 0. The predicted octanol–water partition coefficient (Wildman–Crippen LogP) is 4.81. The van der Waals surface area contributed by atoms with E-state index in [-0.39, 0.29) is 0 Å². The van der Waals surface area contributed by atoms with E-state index in [1.807, 2.05) is 0 Å². The fourth-order valence-corrected chi connectivity index (χ4v) is 3.36. The average Bonchev–Trinajstić information content (AvgIpc) is 2.67. The van der Waals surface area contributed by atoms with Crippen LogP contribution in [0.15, 0.2) is 61.2 Å². The summed E-state index contributed by atoms with van der Waals surface area (Å²) in [4.78, 5) is 2.39. The number of benzene rings is 2. The predicted molar refractivity (Wildman–Crippen MR) is 102 cm³/mol. The van der Waals surface area contributed by atoms with Gasteiger partial charge in [-0.25, -0.2) is 0 Å². The third-order valence-electron chi connectivity index (χ3n) is 4.92. The van der Waals surface area contributed by atoms with Crippen LogP contribution in [0.3, 0.4) is 0 Å². The van der Waals surface area contributed by atoms with E-state index in [9.17, 15) is 0 Å². The molecule has 1 fully saturated rings. The van der Waals surface area contributed by atoms with E-state index >= 15 is 0 Å². The number of ether oxygens (including phenoxy) is 1. The molecule has 2 heteroatoms. The van der Waals surface area contributed by atoms with Gasteiger partial charge in [-0.3, -0.25) is 0 Å². The van der Waals surface area contributed by atoms with Crippen molar-refractivity contribution in [2.75, 3.05) is 31.2 Å². The monoisotopic (exact) mass is 321 g/mol. The van der Waals surface area contributed by atoms with Gasteiger partial charge in [-0.1, -0.05) is 56.0 Å². The second-order valence-electron chi connectivity index (χ2n) is 6.47. The SMILES string of the molecule is C=C(c1ccc(N2CCOCC2)cc1)C(CC)Cc1ccccc1. The first-order valence-corrected chi connectivity index (χ1v) is 8.93. The molecule has 1 heterocycles. The Morgan fingerprint density at radius 3 is 2.33 bits per heavy atom. The van der Waals surface area contributed by atoms with Crippen molar-refractivity contribution in [2.24, 2.45) is 5.92 Å². The van der Waals surface area contributed by atoms with Gasteiger partial charge < -0.3 is 9.64 Å². The maximum Gasteiger partial charge on any atom is 0.0642 e. The van der Waals surface area contributed by atoms with E-state index in [2.05, 4.69) is 73.0 Å². The van der Waals surface area contributed by atoms with Crippen LogP contribution in [-0.2, 0) is 11.2 Å². The van der Waals surface area contributed by atoms with Crippen LogP contribution in [0, 0.1) is 5.92 Å². The van der Waals surface area contributed by atoms with Crippen LogP contribution < -0.4 is 4.90 Å². The highest BCUT2D eigenvalue weighted by molar-refractivity contribution is 5.67. The Balaban J connectivity index is 1.68. The summed E-state index contributed by atoms with van der Waals surface area (Å²) in [6.45, 7) is 10.3. The van der Waals surface area contributed by atoms with Crippen molar-refractivity contribution >= 4 is 11.3 Å². The highest BCUT2D eigenvalue weighted by Crippen LogP contribution is 2.29. The fraction of sp³-hybridized carbons (Fsp3) is 0.364. The number of nitrogens with zero attached hydrogens (tertiary/aromatic N) is 1. The first kappa shape index (κ1) is 16.8. The van der Waals surface area contributed by atoms with E-state index in [0.717, 1.165) is 39.1 Å². The van der Waals surface area contributed by atoms with Crippen molar-refractivity contribution in [3.63, 3.8) is 0 Å². The lowest BCUT2D eigenvalue weighted by Crippen LogP contribution is -2.36. The summed E-state index contributed by atoms with van der Waals surface area (Å²) in [6, 6.07) is 19.6. The molecule has 0 amide bonds. The molecular weight excluding hydrogens is 294 g/mol. The Labute approximate surface area is 145 Å². The largest absolute Gasteiger partial charge is 0.378 e. The summed E-state index contributed by atoms with van der Waals surface area (Å²) in [5.41, 5.74) is 5.17. The zero-order valence-electron chi connectivity index (χ0n) is 14.6. The molecule has 3 rings (SSSR count). The normalized spacial score (nSPS) is 16.0. The van der Waals surface area contributed by atoms with Crippen LogP contribution in [0.1, 0.15) is 24.5 Å². The molecule has 0 spiro atoms. The van der Waals surface area contributed by atoms with Crippen molar-refractivity contribution in [1.82, 2.24) is 0 Å². The number of hydrogen-bond acceptors (Lipinski definition) is 2. The van der Waals surface area contributed by atoms with Crippen LogP contribution in [0.5, 0.6) is 0 Å². The molecule has 0 aromatic heterocycles. The van der Waals surface area contributed by atoms with Crippen LogP contribution >= 0.6 is 0 Å². The lowest BCUT2D eigenvalue weighted by molar-refractivity contribution is 0.122. The minimum Gasteiger partial charge on any atom is -0.378 e. The van der Waals surface area contributed by atoms with Gasteiger partial charge in [-0.05, 0) is 47.6 Å². The first-order chi connectivity index (χ1) is 11.8. The highest BCUT2D eigenvalue weighted by Gasteiger charge is 2.15. The minimum atomic E-state index is 0.488. The van der Waals surface area contributed by atoms with Crippen molar-refractivity contribution in [2.45, 2.75) is 19.8 Å². The standard InChI is InChI=1S/C22H27NO/c1-3-20(17-19-7-5-4-6-8-19)18(2)21-9-11-22(12-10-21)23-13-15-24-16-14-23/h4-12,20H,2-3,13-17H2,1H3. The number of rotatable bonds is 6. The summed E-state index contributed by atoms with van der Waals surface area (Å²) in [5.74, 6) is 0.488. The molecule has 0 saturated carbocycles. The van der Waals surface area contributed by atoms with Crippen molar-refractivity contribution < 1.29 is 4.74 Å². The summed E-state index contributed by atoms with van der Waals surface area (Å²) in [7, 11) is 0. The molecule has 0 bridgehead atoms. The van der Waals surface area contributed by atoms with E-state index in [0.29, 0.717) is 5.92 Å². The lowest BCUT2D eigenvalue weighted by atomic mass is 9.86. The van der Waals surface area contributed by atoms with E-state index in [4.69, 9.17) is 4.74 Å². The van der Waals surface area contributed by atoms with Gasteiger partial charge in [0.15, 0.2) is 0 Å². The molecular formula is C22H27NO.